The molecule has 1 aromatic heterocycles. The fraction of sp³-hybridized carbons (Fsp3) is 0.269. The molecule has 0 unspecified atom stereocenters. The van der Waals surface area contributed by atoms with Gasteiger partial charge in [0.25, 0.3) is 0 Å². The predicted molar refractivity (Wildman–Crippen MR) is 119 cm³/mol. The Balaban J connectivity index is 1.46. The summed E-state index contributed by atoms with van der Waals surface area (Å²) in [7, 11) is 1.68. The van der Waals surface area contributed by atoms with Crippen molar-refractivity contribution in [2.75, 3.05) is 13.7 Å². The number of carbonyl (C=O) groups excluding carboxylic acids is 1. The van der Waals surface area contributed by atoms with E-state index in [-0.39, 0.29) is 11.8 Å². The summed E-state index contributed by atoms with van der Waals surface area (Å²) in [4.78, 5) is 15.1. The van der Waals surface area contributed by atoms with Gasteiger partial charge in [0, 0.05) is 30.9 Å². The molecule has 30 heavy (non-hydrogen) atoms. The minimum absolute atomic E-state index is 0.0779. The smallest absolute Gasteiger partial charge is 0.226 e. The van der Waals surface area contributed by atoms with Crippen molar-refractivity contribution in [3.8, 4) is 5.75 Å². The summed E-state index contributed by atoms with van der Waals surface area (Å²) in [5.74, 6) is 1.49. The van der Waals surface area contributed by atoms with E-state index in [1.165, 1.54) is 11.1 Å². The third kappa shape index (κ3) is 4.48. The summed E-state index contributed by atoms with van der Waals surface area (Å²) in [6.07, 6.45) is 4.81. The van der Waals surface area contributed by atoms with Gasteiger partial charge in [0.15, 0.2) is 0 Å². The van der Waals surface area contributed by atoms with Crippen molar-refractivity contribution in [2.45, 2.75) is 25.4 Å². The van der Waals surface area contributed by atoms with Crippen molar-refractivity contribution < 1.29 is 9.53 Å². The molecule has 0 radical (unpaired) electrons. The first kappa shape index (κ1) is 20.0. The summed E-state index contributed by atoms with van der Waals surface area (Å²) in [6.45, 7) is 5.75. The Kier molecular flexibility index (Phi) is 6.03. The van der Waals surface area contributed by atoms with Crippen LogP contribution in [0.3, 0.4) is 0 Å². The number of hydrogen-bond donors (Lipinski definition) is 0. The fourth-order valence-electron chi connectivity index (χ4n) is 4.07. The highest BCUT2D eigenvalue weighted by molar-refractivity contribution is 5.83. The van der Waals surface area contributed by atoms with E-state index in [0.717, 1.165) is 24.4 Å². The zero-order chi connectivity index (χ0) is 20.9. The monoisotopic (exact) mass is 400 g/mol. The van der Waals surface area contributed by atoms with Gasteiger partial charge < -0.3 is 14.2 Å². The first-order valence-electron chi connectivity index (χ1n) is 10.4. The Morgan fingerprint density at radius 3 is 2.77 bits per heavy atom. The lowest BCUT2D eigenvalue weighted by Crippen LogP contribution is -2.33. The highest BCUT2D eigenvalue weighted by atomic mass is 16.5. The molecule has 1 amide bonds. The van der Waals surface area contributed by atoms with E-state index < -0.39 is 0 Å². The van der Waals surface area contributed by atoms with Crippen LogP contribution in [0, 0.1) is 5.92 Å². The molecule has 1 aliphatic rings. The average molecular weight is 401 g/mol. The second kappa shape index (κ2) is 9.04. The van der Waals surface area contributed by atoms with Crippen LogP contribution in [-0.4, -0.2) is 29.0 Å². The molecule has 1 saturated carbocycles. The first-order valence-corrected chi connectivity index (χ1v) is 10.4. The number of methoxy groups -OCH3 is 1. The van der Waals surface area contributed by atoms with Gasteiger partial charge in [-0.2, -0.15) is 0 Å². The summed E-state index contributed by atoms with van der Waals surface area (Å²) in [6, 6.07) is 22.6. The van der Waals surface area contributed by atoms with Crippen molar-refractivity contribution in [3.63, 3.8) is 0 Å². The normalized spacial score (nSPS) is 17.4. The lowest BCUT2D eigenvalue weighted by atomic mass is 10.1. The lowest BCUT2D eigenvalue weighted by molar-refractivity contribution is -0.132. The molecule has 0 spiro atoms. The van der Waals surface area contributed by atoms with Crippen molar-refractivity contribution in [1.29, 1.82) is 0 Å². The van der Waals surface area contributed by atoms with Crippen LogP contribution in [0.1, 0.15) is 29.2 Å². The largest absolute Gasteiger partial charge is 0.497 e. The molecule has 2 aromatic carbocycles. The van der Waals surface area contributed by atoms with E-state index in [0.29, 0.717) is 19.0 Å². The van der Waals surface area contributed by atoms with Crippen LogP contribution in [0.5, 0.6) is 5.75 Å². The van der Waals surface area contributed by atoms with E-state index in [4.69, 9.17) is 4.74 Å². The molecule has 0 saturated heterocycles. The van der Waals surface area contributed by atoms with Crippen LogP contribution in [0.25, 0.3) is 0 Å². The first-order chi connectivity index (χ1) is 14.7. The number of ether oxygens (including phenoxy) is 1. The molecule has 1 fully saturated rings. The molecule has 4 rings (SSSR count). The van der Waals surface area contributed by atoms with Crippen LogP contribution in [0.15, 0.2) is 85.6 Å². The molecule has 1 aliphatic carbocycles. The van der Waals surface area contributed by atoms with E-state index in [1.807, 2.05) is 53.4 Å². The van der Waals surface area contributed by atoms with Gasteiger partial charge in [-0.1, -0.05) is 48.5 Å². The molecule has 1 heterocycles. The summed E-state index contributed by atoms with van der Waals surface area (Å²) >= 11 is 0. The van der Waals surface area contributed by atoms with E-state index in [2.05, 4.69) is 41.6 Å². The van der Waals surface area contributed by atoms with Gasteiger partial charge in [0.2, 0.25) is 5.91 Å². The number of nitrogens with zero attached hydrogens (tertiary/aromatic N) is 2. The highest BCUT2D eigenvalue weighted by Crippen LogP contribution is 2.48. The van der Waals surface area contributed by atoms with Crippen LogP contribution >= 0.6 is 0 Å². The number of hydrogen-bond acceptors (Lipinski definition) is 2. The number of aromatic nitrogens is 1. The quantitative estimate of drug-likeness (QED) is 0.481. The average Bonchev–Trinajstić information content (AvgIpc) is 3.48. The zero-order valence-corrected chi connectivity index (χ0v) is 17.4. The predicted octanol–water partition coefficient (Wildman–Crippen LogP) is 4.86. The Bertz CT molecular complexity index is 1010. The minimum Gasteiger partial charge on any atom is -0.497 e. The van der Waals surface area contributed by atoms with Crippen LogP contribution in [0.2, 0.25) is 0 Å². The lowest BCUT2D eigenvalue weighted by Gasteiger charge is -2.23. The molecule has 4 nitrogen and oxygen atoms in total. The topological polar surface area (TPSA) is 34.5 Å². The Morgan fingerprint density at radius 1 is 1.17 bits per heavy atom. The third-order valence-corrected chi connectivity index (χ3v) is 5.76. The third-order valence-electron chi connectivity index (χ3n) is 5.76. The van der Waals surface area contributed by atoms with Gasteiger partial charge in [-0.05, 0) is 47.7 Å². The molecule has 154 valence electrons. The zero-order valence-electron chi connectivity index (χ0n) is 17.4. The molecule has 3 aromatic rings. The van der Waals surface area contributed by atoms with Crippen LogP contribution in [0.4, 0.5) is 0 Å². The molecule has 0 N–H and O–H groups in total. The van der Waals surface area contributed by atoms with Crippen LogP contribution < -0.4 is 4.74 Å². The SMILES string of the molecule is C=CCN(Cc1cccn1Cc1cccc(OC)c1)C(=O)[C@H]1C[C@H]1c1ccccc1. The van der Waals surface area contributed by atoms with E-state index >= 15 is 0 Å². The minimum atomic E-state index is 0.0779. The molecular formula is C26H28N2O2. The van der Waals surface area contributed by atoms with Gasteiger partial charge in [-0.25, -0.2) is 0 Å². The van der Waals surface area contributed by atoms with Gasteiger partial charge in [-0.3, -0.25) is 4.79 Å². The van der Waals surface area contributed by atoms with Gasteiger partial charge in [0.05, 0.1) is 13.7 Å². The molecular weight excluding hydrogens is 372 g/mol. The maximum Gasteiger partial charge on any atom is 0.226 e. The van der Waals surface area contributed by atoms with E-state index in [9.17, 15) is 4.79 Å². The molecule has 0 aliphatic heterocycles. The molecule has 2 atom stereocenters. The summed E-state index contributed by atoms with van der Waals surface area (Å²) in [5.41, 5.74) is 3.54. The Labute approximate surface area is 178 Å². The Morgan fingerprint density at radius 2 is 2.00 bits per heavy atom. The second-order valence-electron chi connectivity index (χ2n) is 7.85. The standard InChI is InChI=1S/C26H28N2O2/c1-3-14-28(26(29)25-17-24(25)21-10-5-4-6-11-21)19-22-12-8-15-27(22)18-20-9-7-13-23(16-20)30-2/h3-13,15-16,24-25H,1,14,17-19H2,2H3/t24-,25-/m0/s1. The Hall–Kier alpha value is -3.27. The van der Waals surface area contributed by atoms with E-state index in [1.54, 1.807) is 7.11 Å². The van der Waals surface area contributed by atoms with Gasteiger partial charge in [-0.15, -0.1) is 6.58 Å². The van der Waals surface area contributed by atoms with Crippen LogP contribution in [-0.2, 0) is 17.9 Å². The van der Waals surface area contributed by atoms with Crippen molar-refractivity contribution in [2.24, 2.45) is 5.92 Å². The van der Waals surface area contributed by atoms with Crippen molar-refractivity contribution in [3.05, 3.63) is 102 Å². The fourth-order valence-corrected chi connectivity index (χ4v) is 4.07. The number of carbonyl (C=O) groups is 1. The number of rotatable bonds is 9. The summed E-state index contributed by atoms with van der Waals surface area (Å²) < 4.78 is 7.53. The molecule has 0 bridgehead atoms. The number of benzene rings is 2. The maximum absolute atomic E-state index is 13.2. The second-order valence-corrected chi connectivity index (χ2v) is 7.85. The van der Waals surface area contributed by atoms with Gasteiger partial charge >= 0.3 is 0 Å². The van der Waals surface area contributed by atoms with Crippen molar-refractivity contribution in [1.82, 2.24) is 9.47 Å². The van der Waals surface area contributed by atoms with Gasteiger partial charge in [0.1, 0.15) is 5.75 Å². The maximum atomic E-state index is 13.2. The van der Waals surface area contributed by atoms with Crippen molar-refractivity contribution >= 4 is 5.91 Å². The summed E-state index contributed by atoms with van der Waals surface area (Å²) in [5, 5.41) is 0. The number of amides is 1. The molecule has 4 heteroatoms. The highest BCUT2D eigenvalue weighted by Gasteiger charge is 2.45.